The third-order valence-electron chi connectivity index (χ3n) is 6.17. The van der Waals surface area contributed by atoms with Crippen molar-refractivity contribution in [2.45, 2.75) is 38.6 Å². The molecule has 1 saturated heterocycles. The zero-order valence-electron chi connectivity index (χ0n) is 16.6. The molecular formula is C22H26N4O3. The van der Waals surface area contributed by atoms with Gasteiger partial charge in [0.25, 0.3) is 11.8 Å². The number of benzene rings is 1. The first-order chi connectivity index (χ1) is 14.2. The molecule has 0 atom stereocenters. The van der Waals surface area contributed by atoms with Crippen molar-refractivity contribution in [2.75, 3.05) is 37.7 Å². The minimum Gasteiger partial charge on any atom is -0.378 e. The number of carbonyl (C=O) groups excluding carboxylic acids is 2. The number of fused-ring (bicyclic) bond motifs is 2. The number of hydrogen-bond acceptors (Lipinski definition) is 4. The van der Waals surface area contributed by atoms with Gasteiger partial charge in [-0.2, -0.15) is 0 Å². The fourth-order valence-corrected chi connectivity index (χ4v) is 4.66. The van der Waals surface area contributed by atoms with E-state index in [1.165, 1.54) is 5.56 Å². The number of amides is 2. The minimum atomic E-state index is -0.0884. The number of hydrogen-bond donors (Lipinski definition) is 0. The standard InChI is InChI=1S/C22H26N4O3/c27-21(26-11-5-7-16-6-1-2-8-17(16)26)19-18-9-3-4-10-25(18)20(23-19)22(28)24-12-14-29-15-13-24/h1-2,6,8H,3-5,7,9-15H2. The van der Waals surface area contributed by atoms with Gasteiger partial charge < -0.3 is 19.1 Å². The van der Waals surface area contributed by atoms with E-state index in [9.17, 15) is 9.59 Å². The first kappa shape index (κ1) is 18.4. The number of aromatic nitrogens is 2. The molecule has 0 bridgehead atoms. The van der Waals surface area contributed by atoms with Crippen molar-refractivity contribution < 1.29 is 14.3 Å². The Morgan fingerprint density at radius 2 is 1.72 bits per heavy atom. The van der Waals surface area contributed by atoms with Crippen LogP contribution in [0.3, 0.4) is 0 Å². The van der Waals surface area contributed by atoms with Crippen molar-refractivity contribution >= 4 is 17.5 Å². The molecule has 0 spiro atoms. The van der Waals surface area contributed by atoms with E-state index in [4.69, 9.17) is 4.74 Å². The summed E-state index contributed by atoms with van der Waals surface area (Å²) in [6, 6.07) is 8.09. The lowest BCUT2D eigenvalue weighted by molar-refractivity contribution is 0.0291. The summed E-state index contributed by atoms with van der Waals surface area (Å²) in [6.07, 6.45) is 4.75. The first-order valence-corrected chi connectivity index (χ1v) is 10.6. The fraction of sp³-hybridized carbons (Fsp3) is 0.500. The molecule has 0 N–H and O–H groups in total. The zero-order chi connectivity index (χ0) is 19.8. The minimum absolute atomic E-state index is 0.0798. The molecular weight excluding hydrogens is 368 g/mol. The average molecular weight is 394 g/mol. The number of para-hydroxylation sites is 1. The molecule has 5 rings (SSSR count). The third-order valence-corrected chi connectivity index (χ3v) is 6.17. The van der Waals surface area contributed by atoms with Crippen molar-refractivity contribution in [3.05, 3.63) is 47.0 Å². The summed E-state index contributed by atoms with van der Waals surface area (Å²) in [5.74, 6) is 0.244. The topological polar surface area (TPSA) is 67.7 Å². The smallest absolute Gasteiger partial charge is 0.290 e. The second-order valence-corrected chi connectivity index (χ2v) is 7.93. The molecule has 2 amide bonds. The number of nitrogens with zero attached hydrogens (tertiary/aromatic N) is 4. The van der Waals surface area contributed by atoms with Gasteiger partial charge in [-0.3, -0.25) is 9.59 Å². The molecule has 2 aromatic rings. The van der Waals surface area contributed by atoms with Gasteiger partial charge in [-0.25, -0.2) is 4.98 Å². The van der Waals surface area contributed by atoms with E-state index in [0.29, 0.717) is 44.4 Å². The van der Waals surface area contributed by atoms with Gasteiger partial charge in [-0.1, -0.05) is 18.2 Å². The van der Waals surface area contributed by atoms with Crippen LogP contribution < -0.4 is 4.90 Å². The summed E-state index contributed by atoms with van der Waals surface area (Å²) in [7, 11) is 0. The Kier molecular flexibility index (Phi) is 4.83. The van der Waals surface area contributed by atoms with Gasteiger partial charge in [-0.05, 0) is 43.7 Å². The lowest BCUT2D eigenvalue weighted by atomic mass is 10.0. The molecule has 1 aromatic heterocycles. The molecule has 152 valence electrons. The van der Waals surface area contributed by atoms with Gasteiger partial charge in [0, 0.05) is 31.9 Å². The van der Waals surface area contributed by atoms with E-state index < -0.39 is 0 Å². The van der Waals surface area contributed by atoms with Crippen LogP contribution in [0, 0.1) is 0 Å². The van der Waals surface area contributed by atoms with E-state index in [-0.39, 0.29) is 11.8 Å². The molecule has 0 unspecified atom stereocenters. The van der Waals surface area contributed by atoms with Gasteiger partial charge in [0.15, 0.2) is 11.5 Å². The molecule has 29 heavy (non-hydrogen) atoms. The number of morpholine rings is 1. The lowest BCUT2D eigenvalue weighted by Gasteiger charge is -2.29. The van der Waals surface area contributed by atoms with Crippen LogP contribution in [-0.4, -0.2) is 59.1 Å². The normalized spacial score (nSPS) is 18.9. The van der Waals surface area contributed by atoms with Gasteiger partial charge >= 0.3 is 0 Å². The van der Waals surface area contributed by atoms with Crippen LogP contribution in [0.5, 0.6) is 0 Å². The second-order valence-electron chi connectivity index (χ2n) is 7.93. The van der Waals surface area contributed by atoms with Crippen molar-refractivity contribution in [3.8, 4) is 0 Å². The number of rotatable bonds is 2. The maximum atomic E-state index is 13.6. The van der Waals surface area contributed by atoms with E-state index >= 15 is 0 Å². The summed E-state index contributed by atoms with van der Waals surface area (Å²) in [4.78, 5) is 35.0. The molecule has 0 saturated carbocycles. The van der Waals surface area contributed by atoms with Gasteiger partial charge in [0.05, 0.1) is 18.9 Å². The predicted octanol–water partition coefficient (Wildman–Crippen LogP) is 2.28. The van der Waals surface area contributed by atoms with Gasteiger partial charge in [0.2, 0.25) is 0 Å². The quantitative estimate of drug-likeness (QED) is 0.784. The van der Waals surface area contributed by atoms with E-state index in [0.717, 1.165) is 50.0 Å². The number of anilines is 1. The molecule has 1 aromatic carbocycles. The Bertz CT molecular complexity index is 946. The number of imidazole rings is 1. The van der Waals surface area contributed by atoms with Crippen LogP contribution in [0.1, 0.15) is 51.6 Å². The van der Waals surface area contributed by atoms with E-state index in [2.05, 4.69) is 11.1 Å². The van der Waals surface area contributed by atoms with Crippen LogP contribution in [0.2, 0.25) is 0 Å². The first-order valence-electron chi connectivity index (χ1n) is 10.6. The fourth-order valence-electron chi connectivity index (χ4n) is 4.66. The monoisotopic (exact) mass is 394 g/mol. The van der Waals surface area contributed by atoms with Crippen LogP contribution in [-0.2, 0) is 24.1 Å². The summed E-state index contributed by atoms with van der Waals surface area (Å²) >= 11 is 0. The van der Waals surface area contributed by atoms with Crippen LogP contribution in [0.25, 0.3) is 0 Å². The Morgan fingerprint density at radius 1 is 0.897 bits per heavy atom. The molecule has 7 nitrogen and oxygen atoms in total. The molecule has 1 fully saturated rings. The Morgan fingerprint density at radius 3 is 2.59 bits per heavy atom. The predicted molar refractivity (Wildman–Crippen MR) is 108 cm³/mol. The van der Waals surface area contributed by atoms with Crippen LogP contribution in [0.15, 0.2) is 24.3 Å². The highest BCUT2D eigenvalue weighted by Gasteiger charge is 2.33. The van der Waals surface area contributed by atoms with Gasteiger partial charge in [-0.15, -0.1) is 0 Å². The molecule has 7 heteroatoms. The van der Waals surface area contributed by atoms with E-state index in [1.807, 2.05) is 27.7 Å². The Hall–Kier alpha value is -2.67. The summed E-state index contributed by atoms with van der Waals surface area (Å²) in [6.45, 7) is 3.69. The Balaban J connectivity index is 1.52. The molecule has 0 aliphatic carbocycles. The maximum absolute atomic E-state index is 13.6. The van der Waals surface area contributed by atoms with Crippen molar-refractivity contribution in [1.29, 1.82) is 0 Å². The highest BCUT2D eigenvalue weighted by molar-refractivity contribution is 6.07. The summed E-state index contributed by atoms with van der Waals surface area (Å²) in [5, 5.41) is 0. The Labute approximate surface area is 170 Å². The van der Waals surface area contributed by atoms with Crippen LogP contribution in [0.4, 0.5) is 5.69 Å². The lowest BCUT2D eigenvalue weighted by Crippen LogP contribution is -2.42. The van der Waals surface area contributed by atoms with Crippen molar-refractivity contribution in [3.63, 3.8) is 0 Å². The molecule has 4 heterocycles. The highest BCUT2D eigenvalue weighted by Crippen LogP contribution is 2.30. The molecule has 3 aliphatic heterocycles. The largest absolute Gasteiger partial charge is 0.378 e. The molecule has 0 radical (unpaired) electrons. The highest BCUT2D eigenvalue weighted by atomic mass is 16.5. The number of ether oxygens (including phenoxy) is 1. The average Bonchev–Trinajstić information content (AvgIpc) is 3.18. The van der Waals surface area contributed by atoms with E-state index in [1.54, 1.807) is 4.90 Å². The maximum Gasteiger partial charge on any atom is 0.290 e. The summed E-state index contributed by atoms with van der Waals surface area (Å²) < 4.78 is 7.36. The van der Waals surface area contributed by atoms with Crippen LogP contribution >= 0.6 is 0 Å². The number of carbonyl (C=O) groups is 2. The SMILES string of the molecule is O=C(c1nc(C(=O)N2CCCc3ccccc32)c2n1CCCC2)N1CCOCC1. The zero-order valence-corrected chi connectivity index (χ0v) is 16.6. The molecule has 3 aliphatic rings. The third kappa shape index (κ3) is 3.23. The summed E-state index contributed by atoms with van der Waals surface area (Å²) in [5.41, 5.74) is 3.55. The van der Waals surface area contributed by atoms with Gasteiger partial charge in [0.1, 0.15) is 0 Å². The second kappa shape index (κ2) is 7.63. The number of aryl methyl sites for hydroxylation is 1. The van der Waals surface area contributed by atoms with Crippen molar-refractivity contribution in [2.24, 2.45) is 0 Å². The van der Waals surface area contributed by atoms with Crippen molar-refractivity contribution in [1.82, 2.24) is 14.5 Å².